The number of hydrogen-bond donors (Lipinski definition) is 1. The van der Waals surface area contributed by atoms with Crippen molar-refractivity contribution in [1.29, 1.82) is 0 Å². The summed E-state index contributed by atoms with van der Waals surface area (Å²) in [6.07, 6.45) is 2.86. The second-order valence-corrected chi connectivity index (χ2v) is 5.24. The first kappa shape index (κ1) is 14.3. The maximum Gasteiger partial charge on any atom is 0.339 e. The van der Waals surface area contributed by atoms with Gasteiger partial charge in [0, 0.05) is 18.3 Å². The molecule has 2 aromatic rings. The van der Waals surface area contributed by atoms with Crippen molar-refractivity contribution in [3.05, 3.63) is 46.8 Å². The van der Waals surface area contributed by atoms with Gasteiger partial charge in [-0.05, 0) is 31.4 Å². The summed E-state index contributed by atoms with van der Waals surface area (Å²) in [5.74, 6) is -0.780. The minimum Gasteiger partial charge on any atom is -0.465 e. The monoisotopic (exact) mass is 299 g/mol. The van der Waals surface area contributed by atoms with E-state index in [0.717, 1.165) is 30.5 Å². The lowest BCUT2D eigenvalue weighted by atomic mass is 10.1. The molecule has 0 unspecified atom stereocenters. The van der Waals surface area contributed by atoms with Crippen LogP contribution in [-0.2, 0) is 24.6 Å². The Morgan fingerprint density at radius 2 is 2.05 bits per heavy atom. The third kappa shape index (κ3) is 2.36. The highest BCUT2D eigenvalue weighted by Crippen LogP contribution is 2.25. The number of rotatable bonds is 3. The number of benzene rings is 1. The quantitative estimate of drug-likeness (QED) is 0.879. The second-order valence-electron chi connectivity index (χ2n) is 5.24. The highest BCUT2D eigenvalue weighted by atomic mass is 16.5. The first-order valence-electron chi connectivity index (χ1n) is 7.15. The third-order valence-corrected chi connectivity index (χ3v) is 3.91. The molecule has 0 bridgehead atoms. The van der Waals surface area contributed by atoms with Gasteiger partial charge < -0.3 is 10.1 Å². The van der Waals surface area contributed by atoms with Crippen LogP contribution in [0.1, 0.15) is 38.5 Å². The molecule has 3 rings (SSSR count). The number of carbonyl (C=O) groups is 2. The van der Waals surface area contributed by atoms with Gasteiger partial charge in [-0.15, -0.1) is 0 Å². The van der Waals surface area contributed by atoms with Gasteiger partial charge in [0.2, 0.25) is 0 Å². The molecule has 0 saturated heterocycles. The van der Waals surface area contributed by atoms with Crippen molar-refractivity contribution in [3.8, 4) is 0 Å². The van der Waals surface area contributed by atoms with E-state index in [4.69, 9.17) is 4.74 Å². The summed E-state index contributed by atoms with van der Waals surface area (Å²) in [5, 5.41) is 7.08. The zero-order valence-electron chi connectivity index (χ0n) is 12.5. The van der Waals surface area contributed by atoms with E-state index in [0.29, 0.717) is 16.9 Å². The van der Waals surface area contributed by atoms with Gasteiger partial charge in [-0.1, -0.05) is 12.1 Å². The van der Waals surface area contributed by atoms with E-state index in [1.165, 1.54) is 7.11 Å². The van der Waals surface area contributed by atoms with Crippen LogP contribution in [0.2, 0.25) is 0 Å². The van der Waals surface area contributed by atoms with Crippen molar-refractivity contribution >= 4 is 17.6 Å². The molecule has 1 aliphatic rings. The summed E-state index contributed by atoms with van der Waals surface area (Å²) in [5.41, 5.74) is 3.32. The molecule has 0 fully saturated rings. The molecule has 6 heteroatoms. The van der Waals surface area contributed by atoms with E-state index in [-0.39, 0.29) is 5.91 Å². The Morgan fingerprint density at radius 3 is 2.82 bits per heavy atom. The molecule has 6 nitrogen and oxygen atoms in total. The van der Waals surface area contributed by atoms with E-state index in [1.807, 2.05) is 7.05 Å². The number of nitrogens with one attached hydrogen (secondary N) is 1. The van der Waals surface area contributed by atoms with Crippen molar-refractivity contribution in [2.45, 2.75) is 19.3 Å². The highest BCUT2D eigenvalue weighted by Gasteiger charge is 2.25. The molecular weight excluding hydrogens is 282 g/mol. The Hall–Kier alpha value is -2.63. The van der Waals surface area contributed by atoms with Crippen molar-refractivity contribution < 1.29 is 14.3 Å². The van der Waals surface area contributed by atoms with Crippen LogP contribution in [0.25, 0.3) is 0 Å². The summed E-state index contributed by atoms with van der Waals surface area (Å²) in [4.78, 5) is 24.3. The van der Waals surface area contributed by atoms with Gasteiger partial charge >= 0.3 is 5.97 Å². The summed E-state index contributed by atoms with van der Waals surface area (Å²) in [6, 6.07) is 6.77. The zero-order chi connectivity index (χ0) is 15.7. The molecule has 0 saturated carbocycles. The predicted molar refractivity (Wildman–Crippen MR) is 81.0 cm³/mol. The molecule has 1 N–H and O–H groups in total. The molecule has 0 radical (unpaired) electrons. The maximum atomic E-state index is 12.5. The smallest absolute Gasteiger partial charge is 0.339 e. The summed E-state index contributed by atoms with van der Waals surface area (Å²) in [6.45, 7) is 0. The number of anilines is 1. The lowest BCUT2D eigenvalue weighted by Crippen LogP contribution is -2.17. The Labute approximate surface area is 128 Å². The van der Waals surface area contributed by atoms with Gasteiger partial charge in [-0.3, -0.25) is 9.48 Å². The summed E-state index contributed by atoms with van der Waals surface area (Å²) < 4.78 is 6.50. The summed E-state index contributed by atoms with van der Waals surface area (Å²) in [7, 11) is 3.16. The van der Waals surface area contributed by atoms with Crippen LogP contribution in [0, 0.1) is 0 Å². The van der Waals surface area contributed by atoms with Gasteiger partial charge in [-0.2, -0.15) is 5.10 Å². The number of esters is 1. The fourth-order valence-electron chi connectivity index (χ4n) is 2.85. The van der Waals surface area contributed by atoms with Crippen molar-refractivity contribution in [2.75, 3.05) is 12.4 Å². The summed E-state index contributed by atoms with van der Waals surface area (Å²) >= 11 is 0. The second kappa shape index (κ2) is 5.63. The molecule has 1 aromatic heterocycles. The third-order valence-electron chi connectivity index (χ3n) is 3.91. The largest absolute Gasteiger partial charge is 0.465 e. The highest BCUT2D eigenvalue weighted by molar-refractivity contribution is 6.07. The number of ether oxygens (including phenoxy) is 1. The van der Waals surface area contributed by atoms with Gasteiger partial charge in [0.15, 0.2) is 5.69 Å². The number of amides is 1. The fourth-order valence-corrected chi connectivity index (χ4v) is 2.85. The normalized spacial score (nSPS) is 12.8. The number of para-hydroxylation sites is 1. The van der Waals surface area contributed by atoms with Crippen LogP contribution in [0.3, 0.4) is 0 Å². The van der Waals surface area contributed by atoms with Gasteiger partial charge in [0.25, 0.3) is 5.91 Å². The molecular formula is C16H17N3O3. The van der Waals surface area contributed by atoms with Crippen LogP contribution in [0.15, 0.2) is 24.3 Å². The minimum absolute atomic E-state index is 0.296. The van der Waals surface area contributed by atoms with E-state index < -0.39 is 5.97 Å². The molecule has 1 aromatic carbocycles. The predicted octanol–water partition coefficient (Wildman–Crippen LogP) is 1.95. The molecule has 22 heavy (non-hydrogen) atoms. The average molecular weight is 299 g/mol. The lowest BCUT2D eigenvalue weighted by Gasteiger charge is -2.09. The molecule has 1 amide bonds. The van der Waals surface area contributed by atoms with E-state index in [1.54, 1.807) is 28.9 Å². The average Bonchev–Trinajstić information content (AvgIpc) is 3.11. The SMILES string of the molecule is COC(=O)c1ccccc1NC(=O)c1nn(C)c2c1CCC2. The van der Waals surface area contributed by atoms with Crippen LogP contribution < -0.4 is 5.32 Å². The first-order chi connectivity index (χ1) is 10.6. The number of aromatic nitrogens is 2. The molecule has 114 valence electrons. The van der Waals surface area contributed by atoms with Gasteiger partial charge in [0.1, 0.15) is 0 Å². The topological polar surface area (TPSA) is 73.2 Å². The van der Waals surface area contributed by atoms with E-state index in [2.05, 4.69) is 10.4 Å². The molecule has 0 spiro atoms. The van der Waals surface area contributed by atoms with Gasteiger partial charge in [0.05, 0.1) is 18.4 Å². The number of nitrogens with zero attached hydrogens (tertiary/aromatic N) is 2. The Balaban J connectivity index is 1.90. The number of hydrogen-bond acceptors (Lipinski definition) is 4. The molecule has 0 atom stereocenters. The standard InChI is InChI=1S/C16H17N3O3/c1-19-13-9-5-7-11(13)14(18-19)15(20)17-12-8-4-3-6-10(12)16(21)22-2/h3-4,6,8H,5,7,9H2,1-2H3,(H,17,20). The van der Waals surface area contributed by atoms with E-state index >= 15 is 0 Å². The maximum absolute atomic E-state index is 12.5. The van der Waals surface area contributed by atoms with Crippen molar-refractivity contribution in [3.63, 3.8) is 0 Å². The molecule has 1 aliphatic carbocycles. The number of fused-ring (bicyclic) bond motifs is 1. The first-order valence-corrected chi connectivity index (χ1v) is 7.15. The fraction of sp³-hybridized carbons (Fsp3) is 0.312. The van der Waals surface area contributed by atoms with Crippen LogP contribution in [0.4, 0.5) is 5.69 Å². The Morgan fingerprint density at radius 1 is 1.27 bits per heavy atom. The Bertz CT molecular complexity index is 749. The van der Waals surface area contributed by atoms with Crippen molar-refractivity contribution in [1.82, 2.24) is 9.78 Å². The number of carbonyl (C=O) groups excluding carboxylic acids is 2. The Kier molecular flexibility index (Phi) is 3.66. The zero-order valence-corrected chi connectivity index (χ0v) is 12.5. The lowest BCUT2D eigenvalue weighted by molar-refractivity contribution is 0.0602. The van der Waals surface area contributed by atoms with Crippen LogP contribution >= 0.6 is 0 Å². The van der Waals surface area contributed by atoms with E-state index in [9.17, 15) is 9.59 Å². The number of aryl methyl sites for hydroxylation is 1. The minimum atomic E-state index is -0.484. The van der Waals surface area contributed by atoms with Crippen LogP contribution in [-0.4, -0.2) is 28.8 Å². The van der Waals surface area contributed by atoms with Crippen LogP contribution in [0.5, 0.6) is 0 Å². The molecule has 0 aliphatic heterocycles. The van der Waals surface area contributed by atoms with Gasteiger partial charge in [-0.25, -0.2) is 4.79 Å². The molecule has 1 heterocycles. The number of methoxy groups -OCH3 is 1. The van der Waals surface area contributed by atoms with Crippen molar-refractivity contribution in [2.24, 2.45) is 7.05 Å².